The molecule has 0 aromatic carbocycles. The third-order valence-electron chi connectivity index (χ3n) is 12.2. The van der Waals surface area contributed by atoms with Crippen LogP contribution in [0.2, 0.25) is 0 Å². The molecule has 0 spiro atoms. The second-order valence-corrected chi connectivity index (χ2v) is 16.7. The number of carbonyl (C=O) groups is 4. The van der Waals surface area contributed by atoms with E-state index in [1.165, 1.54) is 6.92 Å². The van der Waals surface area contributed by atoms with E-state index in [9.17, 15) is 24.3 Å². The molecule has 2 amide bonds. The molecule has 52 heavy (non-hydrogen) atoms. The van der Waals surface area contributed by atoms with Gasteiger partial charge in [-0.05, 0) is 92.3 Å². The number of hydrogen-bond donors (Lipinski definition) is 3. The fraction of sp³-hybridized carbons (Fsp3) is 0.895. The first kappa shape index (κ1) is 42.4. The number of carbonyl (C=O) groups excluding carboxylic acids is 4. The van der Waals surface area contributed by atoms with Crippen molar-refractivity contribution in [1.29, 1.82) is 0 Å². The number of aliphatic hydroxyl groups excluding tert-OH is 1. The first-order valence-electron chi connectivity index (χ1n) is 19.3. The zero-order valence-corrected chi connectivity index (χ0v) is 33.3. The van der Waals surface area contributed by atoms with Gasteiger partial charge in [-0.1, -0.05) is 34.1 Å². The van der Waals surface area contributed by atoms with Crippen LogP contribution in [0, 0.1) is 23.7 Å². The highest BCUT2D eigenvalue weighted by atomic mass is 16.7. The van der Waals surface area contributed by atoms with E-state index < -0.39 is 77.6 Å². The van der Waals surface area contributed by atoms with Crippen LogP contribution in [0.5, 0.6) is 0 Å². The second-order valence-electron chi connectivity index (χ2n) is 16.7. The topological polar surface area (TPSA) is 165 Å². The number of ketones is 1. The lowest BCUT2D eigenvalue weighted by molar-refractivity contribution is -0.297. The zero-order chi connectivity index (χ0) is 38.7. The molecule has 3 N–H and O–H groups in total. The Morgan fingerprint density at radius 1 is 1.06 bits per heavy atom. The predicted molar refractivity (Wildman–Crippen MR) is 193 cm³/mol. The number of cyclic esters (lactones) is 1. The number of esters is 1. The minimum atomic E-state index is -1.17. The van der Waals surface area contributed by atoms with E-state index in [0.717, 1.165) is 25.7 Å². The highest BCUT2D eigenvalue weighted by Gasteiger charge is 2.55. The van der Waals surface area contributed by atoms with Crippen molar-refractivity contribution in [3.05, 3.63) is 0 Å². The molecule has 3 aliphatic heterocycles. The summed E-state index contributed by atoms with van der Waals surface area (Å²) in [6.45, 7) is 13.5. The summed E-state index contributed by atoms with van der Waals surface area (Å²) < 4.78 is 31.2. The van der Waals surface area contributed by atoms with Crippen molar-refractivity contribution in [2.75, 3.05) is 41.3 Å². The SMILES string of the molecule is CC[C@H]1OC(=O)C(C)C(=O)[C@H](C)[C@@H](O[C@@H]2OC(CNC(=O)CN(C)C3CC3)CC(N(C)C)C2O)[C@](C)(OC)C[C@@H](C)CC[C@H](C)[C@H]2NC(=O)O[C@@]21C. The summed E-state index contributed by atoms with van der Waals surface area (Å²) in [7, 11) is 7.27. The first-order valence-corrected chi connectivity index (χ1v) is 19.3. The van der Waals surface area contributed by atoms with Gasteiger partial charge in [-0.2, -0.15) is 0 Å². The van der Waals surface area contributed by atoms with E-state index in [1.54, 1.807) is 21.0 Å². The van der Waals surface area contributed by atoms with Gasteiger partial charge in [0.1, 0.15) is 18.1 Å². The molecule has 13 atom stereocenters. The third kappa shape index (κ3) is 9.65. The molecular formula is C38H66N4O10. The van der Waals surface area contributed by atoms with Crippen molar-refractivity contribution < 1.29 is 48.0 Å². The Labute approximate surface area is 310 Å². The highest BCUT2D eigenvalue weighted by molar-refractivity contribution is 6.00. The third-order valence-corrected chi connectivity index (χ3v) is 12.2. The smallest absolute Gasteiger partial charge is 0.408 e. The normalized spacial score (nSPS) is 41.0. The van der Waals surface area contributed by atoms with Gasteiger partial charge in [0, 0.05) is 31.7 Å². The lowest BCUT2D eigenvalue weighted by Gasteiger charge is -2.47. The number of nitrogens with one attached hydrogen (secondary N) is 2. The van der Waals surface area contributed by atoms with Gasteiger partial charge >= 0.3 is 12.1 Å². The first-order chi connectivity index (χ1) is 24.3. The number of fused-ring (bicyclic) bond motifs is 1. The Morgan fingerprint density at radius 2 is 1.73 bits per heavy atom. The van der Waals surface area contributed by atoms with Gasteiger partial charge in [0.25, 0.3) is 0 Å². The van der Waals surface area contributed by atoms with Crippen molar-refractivity contribution in [2.24, 2.45) is 23.7 Å². The van der Waals surface area contributed by atoms with Crippen molar-refractivity contribution in [2.45, 2.75) is 153 Å². The average molecular weight is 739 g/mol. The van der Waals surface area contributed by atoms with E-state index >= 15 is 0 Å². The molecule has 0 aromatic heterocycles. The van der Waals surface area contributed by atoms with Gasteiger partial charge in [-0.3, -0.25) is 19.3 Å². The van der Waals surface area contributed by atoms with E-state index in [4.69, 9.17) is 23.7 Å². The van der Waals surface area contributed by atoms with Crippen LogP contribution in [0.15, 0.2) is 0 Å². The minimum Gasteiger partial charge on any atom is -0.458 e. The number of aliphatic hydroxyl groups is 1. The van der Waals surface area contributed by atoms with Crippen LogP contribution in [0.1, 0.15) is 93.4 Å². The van der Waals surface area contributed by atoms with Crippen LogP contribution in [0.25, 0.3) is 0 Å². The quantitative estimate of drug-likeness (QED) is 0.222. The molecule has 4 aliphatic rings. The number of ether oxygens (including phenoxy) is 5. The molecule has 14 heteroatoms. The molecule has 1 saturated carbocycles. The Balaban J connectivity index is 1.62. The summed E-state index contributed by atoms with van der Waals surface area (Å²) in [5, 5.41) is 17.6. The van der Waals surface area contributed by atoms with Crippen molar-refractivity contribution in [3.63, 3.8) is 0 Å². The van der Waals surface area contributed by atoms with Crippen molar-refractivity contribution >= 4 is 23.8 Å². The summed E-state index contributed by atoms with van der Waals surface area (Å²) in [6, 6.07) is -0.313. The van der Waals surface area contributed by atoms with Gasteiger partial charge in [0.15, 0.2) is 17.7 Å². The number of likely N-dealkylation sites (N-methyl/N-ethyl adjacent to an activating group) is 2. The minimum absolute atomic E-state index is 0.0177. The van der Waals surface area contributed by atoms with Crippen LogP contribution >= 0.6 is 0 Å². The van der Waals surface area contributed by atoms with Gasteiger partial charge in [0.05, 0.1) is 30.4 Å². The molecule has 298 valence electrons. The number of Topliss-reactive ketones (excluding diaryl/α,β-unsaturated/α-hetero) is 1. The lowest BCUT2D eigenvalue weighted by atomic mass is 9.76. The fourth-order valence-electron chi connectivity index (χ4n) is 8.63. The average Bonchev–Trinajstić information content (AvgIpc) is 3.90. The monoisotopic (exact) mass is 738 g/mol. The molecule has 4 fully saturated rings. The largest absolute Gasteiger partial charge is 0.458 e. The van der Waals surface area contributed by atoms with Crippen LogP contribution in [0.3, 0.4) is 0 Å². The van der Waals surface area contributed by atoms with Crippen molar-refractivity contribution in [1.82, 2.24) is 20.4 Å². The maximum absolute atomic E-state index is 14.3. The van der Waals surface area contributed by atoms with Gasteiger partial charge < -0.3 is 44.3 Å². The predicted octanol–water partition coefficient (Wildman–Crippen LogP) is 2.88. The molecule has 3 heterocycles. The number of rotatable bonds is 10. The number of hydrogen-bond acceptors (Lipinski definition) is 12. The molecule has 3 saturated heterocycles. The van der Waals surface area contributed by atoms with Crippen molar-refractivity contribution in [3.8, 4) is 0 Å². The van der Waals surface area contributed by atoms with Gasteiger partial charge in [-0.25, -0.2) is 4.79 Å². The molecule has 0 bridgehead atoms. The molecule has 0 aromatic rings. The Hall–Kier alpha value is -2.36. The highest BCUT2D eigenvalue weighted by Crippen LogP contribution is 2.40. The molecule has 0 radical (unpaired) electrons. The summed E-state index contributed by atoms with van der Waals surface area (Å²) in [6.07, 6.45) is 0.0646. The zero-order valence-electron chi connectivity index (χ0n) is 33.3. The fourth-order valence-corrected chi connectivity index (χ4v) is 8.63. The summed E-state index contributed by atoms with van der Waals surface area (Å²) in [4.78, 5) is 57.3. The van der Waals surface area contributed by atoms with Crippen LogP contribution < -0.4 is 10.6 Å². The van der Waals surface area contributed by atoms with Gasteiger partial charge in [0.2, 0.25) is 5.91 Å². The Kier molecular flexibility index (Phi) is 14.2. The summed E-state index contributed by atoms with van der Waals surface area (Å²) >= 11 is 0. The second kappa shape index (κ2) is 17.4. The molecular weight excluding hydrogens is 672 g/mol. The maximum Gasteiger partial charge on any atom is 0.408 e. The maximum atomic E-state index is 14.3. The molecule has 4 unspecified atom stereocenters. The molecule has 1 aliphatic carbocycles. The van der Waals surface area contributed by atoms with Gasteiger partial charge in [-0.15, -0.1) is 0 Å². The summed E-state index contributed by atoms with van der Waals surface area (Å²) in [5.74, 6) is -3.21. The number of amides is 2. The van der Waals surface area contributed by atoms with Crippen LogP contribution in [0.4, 0.5) is 4.79 Å². The number of nitrogens with zero attached hydrogens (tertiary/aromatic N) is 2. The summed E-state index contributed by atoms with van der Waals surface area (Å²) in [5.41, 5.74) is -2.16. The molecule has 4 rings (SSSR count). The molecule has 14 nitrogen and oxygen atoms in total. The Morgan fingerprint density at radius 3 is 2.33 bits per heavy atom. The van der Waals surface area contributed by atoms with Crippen LogP contribution in [-0.2, 0) is 38.1 Å². The Bertz CT molecular complexity index is 1270. The van der Waals surface area contributed by atoms with E-state index in [0.29, 0.717) is 31.8 Å². The van der Waals surface area contributed by atoms with Crippen LogP contribution in [-0.4, -0.2) is 140 Å². The number of alkyl carbamates (subject to hydrolysis) is 1. The van der Waals surface area contributed by atoms with E-state index in [2.05, 4.69) is 24.5 Å². The van der Waals surface area contributed by atoms with E-state index in [-0.39, 0.29) is 30.3 Å². The van der Waals surface area contributed by atoms with E-state index in [1.807, 2.05) is 44.8 Å². The number of methoxy groups -OCH3 is 1. The lowest BCUT2D eigenvalue weighted by Crippen LogP contribution is -2.60. The standard InChI is InChI=1S/C38H66N4O10/c1-12-28-38(7)32(40-36(47)52-38)22(3)14-13-21(2)18-37(6,48-11)33(23(4)30(44)24(5)34(46)50-28)51-35-31(45)27(41(8)9)17-26(49-35)19-39-29(43)20-42(10)25-15-16-25/h21-28,31-33,35,45H,12-20H2,1-11H3,(H,39,43)(H,40,47)/t21-,22-,23-,24?,26?,27?,28+,31?,32+,33+,35-,37+,38+/m0/s1.